The van der Waals surface area contributed by atoms with E-state index in [-0.39, 0.29) is 5.91 Å². The van der Waals surface area contributed by atoms with Crippen molar-refractivity contribution in [1.29, 1.82) is 0 Å². The average molecular weight is 443 g/mol. The van der Waals surface area contributed by atoms with Crippen LogP contribution in [0.15, 0.2) is 12.2 Å². The van der Waals surface area contributed by atoms with Gasteiger partial charge in [0.15, 0.2) is 6.10 Å². The Bertz CT molecular complexity index is 542. The van der Waals surface area contributed by atoms with Crippen molar-refractivity contribution >= 4 is 11.8 Å². The number of aliphatic hydroxyl groups excluding tert-OH is 3. The first-order valence-corrected chi connectivity index (χ1v) is 11.7. The van der Waals surface area contributed by atoms with Crippen LogP contribution in [0.5, 0.6) is 0 Å². The van der Waals surface area contributed by atoms with Crippen LogP contribution in [-0.4, -0.2) is 71.2 Å². The lowest BCUT2D eigenvalue weighted by Crippen LogP contribution is -2.55. The van der Waals surface area contributed by atoms with E-state index in [0.717, 1.165) is 32.1 Å². The van der Waals surface area contributed by atoms with Crippen molar-refractivity contribution < 1.29 is 29.6 Å². The zero-order valence-electron chi connectivity index (χ0n) is 19.1. The molecule has 0 aromatic heterocycles. The largest absolute Gasteiger partial charge is 0.387 e. The fourth-order valence-corrected chi connectivity index (χ4v) is 3.68. The van der Waals surface area contributed by atoms with Crippen LogP contribution in [0, 0.1) is 0 Å². The molecule has 1 saturated heterocycles. The van der Waals surface area contributed by atoms with Crippen LogP contribution in [0.25, 0.3) is 0 Å². The van der Waals surface area contributed by atoms with Crippen molar-refractivity contribution in [3.63, 3.8) is 0 Å². The molecular weight excluding hydrogens is 400 g/mol. The van der Waals surface area contributed by atoms with Crippen LogP contribution in [-0.2, 0) is 14.3 Å². The Kier molecular flexibility index (Phi) is 14.4. The van der Waals surface area contributed by atoms with Crippen LogP contribution in [0.3, 0.4) is 0 Å². The van der Waals surface area contributed by atoms with Gasteiger partial charge < -0.3 is 30.7 Å². The van der Waals surface area contributed by atoms with E-state index in [1.807, 2.05) is 0 Å². The zero-order chi connectivity index (χ0) is 23.1. The zero-order valence-corrected chi connectivity index (χ0v) is 19.1. The van der Waals surface area contributed by atoms with Gasteiger partial charge in [0.05, 0.1) is 0 Å². The Morgan fingerprint density at radius 2 is 1.81 bits per heavy atom. The molecule has 0 aliphatic carbocycles. The van der Waals surface area contributed by atoms with E-state index in [1.54, 1.807) is 6.08 Å². The molecule has 8 nitrogen and oxygen atoms in total. The molecule has 1 rings (SSSR count). The second-order valence-electron chi connectivity index (χ2n) is 8.31. The highest BCUT2D eigenvalue weighted by atomic mass is 16.5. The molecule has 0 aromatic rings. The van der Waals surface area contributed by atoms with Crippen LogP contribution >= 0.6 is 0 Å². The van der Waals surface area contributed by atoms with Gasteiger partial charge in [-0.1, -0.05) is 57.6 Å². The maximum atomic E-state index is 12.5. The van der Waals surface area contributed by atoms with E-state index in [9.17, 15) is 24.9 Å². The van der Waals surface area contributed by atoms with Crippen molar-refractivity contribution in [3.05, 3.63) is 12.2 Å². The first-order valence-electron chi connectivity index (χ1n) is 11.7. The minimum absolute atomic E-state index is 0.274. The number of rotatable bonds is 15. The maximum absolute atomic E-state index is 12.5. The van der Waals surface area contributed by atoms with Gasteiger partial charge in [-0.2, -0.15) is 0 Å². The van der Waals surface area contributed by atoms with E-state index in [2.05, 4.69) is 17.6 Å². The number of methoxy groups -OCH3 is 1. The number of carbonyl (C=O) groups excluding carboxylic acids is 2. The SMILES string of the molecule is CCCCCCCCC/C=C/[C@@H](O)[C@H](O)[C@@H](O)[C@@H](OC)C(=O)N[C@H]1CCCCNC1=O. The molecule has 5 atom stereocenters. The number of allylic oxidation sites excluding steroid dienone is 1. The molecule has 31 heavy (non-hydrogen) atoms. The molecule has 1 aliphatic heterocycles. The number of hydrogen-bond acceptors (Lipinski definition) is 6. The summed E-state index contributed by atoms with van der Waals surface area (Å²) in [6.07, 6.45) is 8.50. The lowest BCUT2D eigenvalue weighted by molar-refractivity contribution is -0.150. The van der Waals surface area contributed by atoms with Gasteiger partial charge in [0, 0.05) is 13.7 Å². The van der Waals surface area contributed by atoms with Crippen molar-refractivity contribution in [2.75, 3.05) is 13.7 Å². The molecule has 8 heteroatoms. The third-order valence-corrected chi connectivity index (χ3v) is 5.68. The summed E-state index contributed by atoms with van der Waals surface area (Å²) in [6, 6.07) is -0.705. The minimum Gasteiger partial charge on any atom is -0.387 e. The third kappa shape index (κ3) is 10.6. The summed E-state index contributed by atoms with van der Waals surface area (Å²) < 4.78 is 5.06. The first-order chi connectivity index (χ1) is 14.9. The molecule has 0 unspecified atom stereocenters. The van der Waals surface area contributed by atoms with E-state index in [0.29, 0.717) is 13.0 Å². The van der Waals surface area contributed by atoms with Gasteiger partial charge in [0.25, 0.3) is 5.91 Å². The van der Waals surface area contributed by atoms with E-state index in [4.69, 9.17) is 4.74 Å². The third-order valence-electron chi connectivity index (χ3n) is 5.68. The molecule has 2 amide bonds. The van der Waals surface area contributed by atoms with Gasteiger partial charge in [-0.3, -0.25) is 9.59 Å². The predicted molar refractivity (Wildman–Crippen MR) is 119 cm³/mol. The van der Waals surface area contributed by atoms with Crippen LogP contribution in [0.2, 0.25) is 0 Å². The van der Waals surface area contributed by atoms with Gasteiger partial charge in [-0.25, -0.2) is 0 Å². The predicted octanol–water partition coefficient (Wildman–Crippen LogP) is 1.57. The lowest BCUT2D eigenvalue weighted by Gasteiger charge is -2.28. The normalized spacial score (nSPS) is 21.2. The number of hydrogen-bond donors (Lipinski definition) is 5. The summed E-state index contributed by atoms with van der Waals surface area (Å²) in [6.45, 7) is 2.76. The molecule has 0 spiro atoms. The fourth-order valence-electron chi connectivity index (χ4n) is 3.68. The molecule has 1 fully saturated rings. The Labute approximate surface area is 186 Å². The number of aliphatic hydroxyl groups is 3. The van der Waals surface area contributed by atoms with E-state index < -0.39 is 36.4 Å². The monoisotopic (exact) mass is 442 g/mol. The average Bonchev–Trinajstić information content (AvgIpc) is 2.96. The van der Waals surface area contributed by atoms with Crippen molar-refractivity contribution in [2.24, 2.45) is 0 Å². The molecule has 0 bridgehead atoms. The highest BCUT2D eigenvalue weighted by Crippen LogP contribution is 2.13. The smallest absolute Gasteiger partial charge is 0.252 e. The van der Waals surface area contributed by atoms with Crippen LogP contribution < -0.4 is 10.6 Å². The Hall–Kier alpha value is -1.48. The second-order valence-corrected chi connectivity index (χ2v) is 8.31. The van der Waals surface area contributed by atoms with Gasteiger partial charge >= 0.3 is 0 Å². The summed E-state index contributed by atoms with van der Waals surface area (Å²) in [7, 11) is 1.23. The molecule has 0 aromatic carbocycles. The fraction of sp³-hybridized carbons (Fsp3) is 0.826. The molecule has 5 N–H and O–H groups in total. The molecule has 0 saturated carbocycles. The number of carbonyl (C=O) groups is 2. The van der Waals surface area contributed by atoms with Crippen LogP contribution in [0.4, 0.5) is 0 Å². The number of ether oxygens (including phenoxy) is 1. The van der Waals surface area contributed by atoms with Crippen molar-refractivity contribution in [3.8, 4) is 0 Å². The van der Waals surface area contributed by atoms with Gasteiger partial charge in [-0.05, 0) is 32.1 Å². The quantitative estimate of drug-likeness (QED) is 0.193. The molecule has 180 valence electrons. The van der Waals surface area contributed by atoms with Gasteiger partial charge in [-0.15, -0.1) is 0 Å². The number of amides is 2. The highest BCUT2D eigenvalue weighted by molar-refractivity contribution is 5.89. The minimum atomic E-state index is -1.64. The van der Waals surface area contributed by atoms with Gasteiger partial charge in [0.2, 0.25) is 5.91 Å². The maximum Gasteiger partial charge on any atom is 0.252 e. The Morgan fingerprint density at radius 1 is 1.13 bits per heavy atom. The number of nitrogens with one attached hydrogen (secondary N) is 2. The van der Waals surface area contributed by atoms with Crippen LogP contribution in [0.1, 0.15) is 77.6 Å². The summed E-state index contributed by atoms with van der Waals surface area (Å²) in [4.78, 5) is 24.5. The lowest BCUT2D eigenvalue weighted by atomic mass is 10.0. The highest BCUT2D eigenvalue weighted by Gasteiger charge is 2.36. The topological polar surface area (TPSA) is 128 Å². The summed E-state index contributed by atoms with van der Waals surface area (Å²) in [5.74, 6) is -0.973. The molecule has 1 heterocycles. The second kappa shape index (κ2) is 16.2. The first kappa shape index (κ1) is 27.6. The molecule has 0 radical (unpaired) electrons. The van der Waals surface area contributed by atoms with E-state index in [1.165, 1.54) is 45.3 Å². The summed E-state index contributed by atoms with van der Waals surface area (Å²) >= 11 is 0. The molecular formula is C23H42N2O6. The Balaban J connectivity index is 2.43. The standard InChI is InChI=1S/C23H42N2O6/c1-3-4-5-6-7-8-9-10-11-15-18(26)19(27)20(28)21(31-2)23(30)25-17-14-12-13-16-24-22(17)29/h11,15,17-21,26-28H,3-10,12-14,16H2,1-2H3,(H,24,29)(H,25,30)/b15-11+/t17-,18+,19-,20+,21+/m0/s1. The number of unbranched alkanes of at least 4 members (excludes halogenated alkanes) is 7. The summed E-state index contributed by atoms with van der Waals surface area (Å²) in [5.41, 5.74) is 0. The van der Waals surface area contributed by atoms with Crippen molar-refractivity contribution in [2.45, 2.75) is 108 Å². The Morgan fingerprint density at radius 3 is 2.48 bits per heavy atom. The summed E-state index contributed by atoms with van der Waals surface area (Å²) in [5, 5.41) is 36.1. The van der Waals surface area contributed by atoms with Crippen molar-refractivity contribution in [1.82, 2.24) is 10.6 Å². The van der Waals surface area contributed by atoms with Gasteiger partial charge in [0.1, 0.15) is 24.4 Å². The molecule has 1 aliphatic rings. The van der Waals surface area contributed by atoms with E-state index >= 15 is 0 Å².